The SMILES string of the molecule is Cl[Si](c1ccccc1)(c1ccccc1)c1cccc(-c2ccccc2)c1. The average molecular weight is 371 g/mol. The van der Waals surface area contributed by atoms with Gasteiger partial charge in [0, 0.05) is 0 Å². The molecule has 0 aliphatic carbocycles. The predicted octanol–water partition coefficient (Wildman–Crippen LogP) is 4.56. The van der Waals surface area contributed by atoms with E-state index in [4.69, 9.17) is 11.1 Å². The van der Waals surface area contributed by atoms with Gasteiger partial charge in [-0.05, 0) is 26.7 Å². The zero-order valence-corrected chi connectivity index (χ0v) is 16.1. The van der Waals surface area contributed by atoms with E-state index in [1.165, 1.54) is 26.7 Å². The average Bonchev–Trinajstić information content (AvgIpc) is 2.75. The van der Waals surface area contributed by atoms with Gasteiger partial charge in [-0.1, -0.05) is 115 Å². The maximum atomic E-state index is 7.51. The molecule has 0 aliphatic rings. The van der Waals surface area contributed by atoms with Gasteiger partial charge in [0.2, 0.25) is 7.38 Å². The van der Waals surface area contributed by atoms with Crippen LogP contribution in [0.25, 0.3) is 11.1 Å². The lowest BCUT2D eigenvalue weighted by molar-refractivity contribution is 1.63. The molecular weight excluding hydrogens is 352 g/mol. The normalized spacial score (nSPS) is 11.3. The summed E-state index contributed by atoms with van der Waals surface area (Å²) < 4.78 is 0. The van der Waals surface area contributed by atoms with Crippen molar-refractivity contribution in [3.05, 3.63) is 115 Å². The molecule has 4 aromatic rings. The molecule has 126 valence electrons. The van der Waals surface area contributed by atoms with Crippen molar-refractivity contribution in [2.45, 2.75) is 0 Å². The van der Waals surface area contributed by atoms with Crippen molar-refractivity contribution >= 4 is 34.0 Å². The highest BCUT2D eigenvalue weighted by Gasteiger charge is 2.37. The molecule has 0 heterocycles. The van der Waals surface area contributed by atoms with Gasteiger partial charge in [0.25, 0.3) is 0 Å². The van der Waals surface area contributed by atoms with Crippen molar-refractivity contribution in [1.82, 2.24) is 0 Å². The summed E-state index contributed by atoms with van der Waals surface area (Å²) in [6.07, 6.45) is 0. The summed E-state index contributed by atoms with van der Waals surface area (Å²) in [5, 5.41) is 3.62. The fraction of sp³-hybridized carbons (Fsp3) is 0. The first-order chi connectivity index (χ1) is 12.8. The Morgan fingerprint density at radius 3 is 1.38 bits per heavy atom. The van der Waals surface area contributed by atoms with E-state index in [1.54, 1.807) is 0 Å². The van der Waals surface area contributed by atoms with Crippen LogP contribution in [0.2, 0.25) is 0 Å². The van der Waals surface area contributed by atoms with Gasteiger partial charge in [-0.3, -0.25) is 0 Å². The molecular formula is C24H19ClSi. The fourth-order valence-corrected chi connectivity index (χ4v) is 7.47. The number of rotatable bonds is 4. The van der Waals surface area contributed by atoms with Crippen LogP contribution in [-0.4, -0.2) is 7.38 Å². The van der Waals surface area contributed by atoms with Gasteiger partial charge in [0.05, 0.1) is 0 Å². The van der Waals surface area contributed by atoms with Crippen LogP contribution in [0.4, 0.5) is 0 Å². The van der Waals surface area contributed by atoms with Crippen molar-refractivity contribution in [3.63, 3.8) is 0 Å². The van der Waals surface area contributed by atoms with Crippen LogP contribution < -0.4 is 15.6 Å². The van der Waals surface area contributed by atoms with Crippen LogP contribution in [0.15, 0.2) is 115 Å². The highest BCUT2D eigenvalue weighted by molar-refractivity contribution is 7.40. The quantitative estimate of drug-likeness (QED) is 0.280. The Balaban J connectivity index is 1.91. The van der Waals surface area contributed by atoms with Crippen molar-refractivity contribution in [3.8, 4) is 11.1 Å². The second-order valence-electron chi connectivity index (χ2n) is 6.34. The summed E-state index contributed by atoms with van der Waals surface area (Å²) in [6, 6.07) is 40.2. The molecule has 0 spiro atoms. The Hall–Kier alpha value is -2.61. The molecule has 0 N–H and O–H groups in total. The van der Waals surface area contributed by atoms with Crippen LogP contribution in [-0.2, 0) is 0 Å². The van der Waals surface area contributed by atoms with Crippen LogP contribution in [0.1, 0.15) is 0 Å². The summed E-state index contributed by atoms with van der Waals surface area (Å²) in [7, 11) is -2.57. The zero-order valence-electron chi connectivity index (χ0n) is 14.3. The summed E-state index contributed by atoms with van der Waals surface area (Å²) >= 11 is 7.51. The predicted molar refractivity (Wildman–Crippen MR) is 115 cm³/mol. The molecule has 26 heavy (non-hydrogen) atoms. The van der Waals surface area contributed by atoms with Gasteiger partial charge in [-0.25, -0.2) is 0 Å². The second kappa shape index (κ2) is 7.33. The zero-order chi connectivity index (χ0) is 17.8. The number of halogens is 1. The van der Waals surface area contributed by atoms with Gasteiger partial charge in [0.15, 0.2) is 0 Å². The van der Waals surface area contributed by atoms with Gasteiger partial charge in [0.1, 0.15) is 0 Å². The molecule has 4 rings (SSSR count). The second-order valence-corrected chi connectivity index (χ2v) is 11.1. The van der Waals surface area contributed by atoms with E-state index >= 15 is 0 Å². The van der Waals surface area contributed by atoms with E-state index in [0.29, 0.717) is 0 Å². The number of hydrogen-bond donors (Lipinski definition) is 0. The lowest BCUT2D eigenvalue weighted by Crippen LogP contribution is -2.62. The minimum atomic E-state index is -2.57. The van der Waals surface area contributed by atoms with E-state index in [2.05, 4.69) is 97.1 Å². The molecule has 0 atom stereocenters. The van der Waals surface area contributed by atoms with E-state index in [0.717, 1.165) is 0 Å². The Bertz CT molecular complexity index is 943. The summed E-state index contributed by atoms with van der Waals surface area (Å²) in [6.45, 7) is 0. The van der Waals surface area contributed by atoms with Gasteiger partial charge in [-0.2, -0.15) is 0 Å². The van der Waals surface area contributed by atoms with Gasteiger partial charge in [-0.15, -0.1) is 11.1 Å². The van der Waals surface area contributed by atoms with E-state index < -0.39 is 7.38 Å². The first-order valence-electron chi connectivity index (χ1n) is 8.74. The fourth-order valence-electron chi connectivity index (χ4n) is 3.38. The lowest BCUT2D eigenvalue weighted by atomic mass is 10.1. The maximum Gasteiger partial charge on any atom is 0.247 e. The third-order valence-corrected chi connectivity index (χ3v) is 10.0. The minimum Gasteiger partial charge on any atom is -0.149 e. The molecule has 0 bridgehead atoms. The van der Waals surface area contributed by atoms with E-state index in [1.807, 2.05) is 18.2 Å². The maximum absolute atomic E-state index is 7.51. The first kappa shape index (κ1) is 16.8. The molecule has 0 unspecified atom stereocenters. The Kier molecular flexibility index (Phi) is 4.74. The van der Waals surface area contributed by atoms with Crippen molar-refractivity contribution in [2.24, 2.45) is 0 Å². The van der Waals surface area contributed by atoms with Crippen LogP contribution in [0.5, 0.6) is 0 Å². The molecule has 2 heteroatoms. The number of benzene rings is 4. The Morgan fingerprint density at radius 2 is 0.846 bits per heavy atom. The summed E-state index contributed by atoms with van der Waals surface area (Å²) in [5.41, 5.74) is 2.41. The smallest absolute Gasteiger partial charge is 0.149 e. The van der Waals surface area contributed by atoms with Gasteiger partial charge < -0.3 is 0 Å². The molecule has 0 saturated carbocycles. The third kappa shape index (κ3) is 3.12. The molecule has 0 saturated heterocycles. The highest BCUT2D eigenvalue weighted by atomic mass is 35.6. The molecule has 0 fully saturated rings. The monoisotopic (exact) mass is 370 g/mol. The van der Waals surface area contributed by atoms with Crippen molar-refractivity contribution in [1.29, 1.82) is 0 Å². The van der Waals surface area contributed by atoms with Crippen molar-refractivity contribution < 1.29 is 0 Å². The largest absolute Gasteiger partial charge is 0.247 e. The Labute approximate surface area is 160 Å². The molecule has 0 amide bonds. The topological polar surface area (TPSA) is 0 Å². The van der Waals surface area contributed by atoms with Crippen LogP contribution in [0.3, 0.4) is 0 Å². The molecule has 0 nitrogen and oxygen atoms in total. The standard InChI is InChI=1S/C24H19ClSi/c25-26(22-14-6-2-7-15-22,23-16-8-3-9-17-23)24-18-10-13-21(19-24)20-11-4-1-5-12-20/h1-19H. The van der Waals surface area contributed by atoms with Crippen LogP contribution in [0, 0.1) is 0 Å². The molecule has 0 radical (unpaired) electrons. The Morgan fingerprint density at radius 1 is 0.423 bits per heavy atom. The van der Waals surface area contributed by atoms with Gasteiger partial charge >= 0.3 is 0 Å². The van der Waals surface area contributed by atoms with Crippen LogP contribution >= 0.6 is 11.1 Å². The first-order valence-corrected chi connectivity index (χ1v) is 11.8. The minimum absolute atomic E-state index is 1.20. The van der Waals surface area contributed by atoms with E-state index in [-0.39, 0.29) is 0 Å². The molecule has 0 aliphatic heterocycles. The summed E-state index contributed by atoms with van der Waals surface area (Å²) in [5.74, 6) is 0. The van der Waals surface area contributed by atoms with Crippen molar-refractivity contribution in [2.75, 3.05) is 0 Å². The molecule has 4 aromatic carbocycles. The summed E-state index contributed by atoms with van der Waals surface area (Å²) in [4.78, 5) is 0. The van der Waals surface area contributed by atoms with E-state index in [9.17, 15) is 0 Å². The lowest BCUT2D eigenvalue weighted by Gasteiger charge is -2.27. The third-order valence-electron chi connectivity index (χ3n) is 4.71. The highest BCUT2D eigenvalue weighted by Crippen LogP contribution is 2.20. The number of hydrogen-bond acceptors (Lipinski definition) is 0. The molecule has 0 aromatic heterocycles.